The van der Waals surface area contributed by atoms with Crippen molar-refractivity contribution in [2.45, 2.75) is 19.9 Å². The molecular weight excluding hydrogens is 541 g/mol. The number of amides is 1. The number of benzene rings is 3. The monoisotopic (exact) mass is 563 g/mol. The molecule has 5 nitrogen and oxygen atoms in total. The number of aromatic nitrogens is 2. The largest absolute Gasteiger partial charge is 0.491 e. The number of thiocarbonyl (C=S) groups is 1. The van der Waals surface area contributed by atoms with Gasteiger partial charge in [-0.2, -0.15) is 5.10 Å². The van der Waals surface area contributed by atoms with Crippen LogP contribution in [0.1, 0.15) is 24.5 Å². The Bertz CT molecular complexity index is 1540. The van der Waals surface area contributed by atoms with Crippen molar-refractivity contribution in [3.05, 3.63) is 106 Å². The molecule has 1 aliphatic rings. The number of para-hydroxylation sites is 1. The molecule has 3 aromatic carbocycles. The fourth-order valence-corrected chi connectivity index (χ4v) is 5.42. The lowest BCUT2D eigenvalue weighted by Crippen LogP contribution is -2.27. The molecule has 1 fully saturated rings. The zero-order valence-corrected chi connectivity index (χ0v) is 22.8. The first-order valence-corrected chi connectivity index (χ1v) is 13.6. The van der Waals surface area contributed by atoms with E-state index in [1.165, 1.54) is 22.7 Å². The van der Waals surface area contributed by atoms with Crippen LogP contribution in [-0.2, 0) is 11.3 Å². The number of thioether (sulfide) groups is 1. The minimum Gasteiger partial charge on any atom is -0.491 e. The van der Waals surface area contributed by atoms with Crippen LogP contribution in [-0.4, -0.2) is 31.5 Å². The standard InChI is InChI=1S/C29H23ClFN3O2S2/c1-2-14-36-25-13-12-19(15-24(25)31)27-21(18-34(32-27)22-9-4-3-5-10-22)16-26-28(35)33(29(37)38-26)17-20-8-6-7-11-23(20)30/h3-13,15-16,18H,2,14,17H2,1H3/b26-16-. The van der Waals surface area contributed by atoms with Crippen molar-refractivity contribution < 1.29 is 13.9 Å². The van der Waals surface area contributed by atoms with E-state index in [1.54, 1.807) is 29.0 Å². The molecule has 9 heteroatoms. The Morgan fingerprint density at radius 2 is 1.87 bits per heavy atom. The van der Waals surface area contributed by atoms with E-state index in [0.717, 1.165) is 17.7 Å². The molecule has 0 spiro atoms. The molecular formula is C29H23ClFN3O2S2. The SMILES string of the molecule is CCCOc1ccc(-c2nn(-c3ccccc3)cc2/C=C2\SC(=S)N(Cc3ccccc3Cl)C2=O)cc1F. The van der Waals surface area contributed by atoms with Crippen molar-refractivity contribution in [2.24, 2.45) is 0 Å². The van der Waals surface area contributed by atoms with Crippen molar-refractivity contribution >= 4 is 51.9 Å². The first-order chi connectivity index (χ1) is 18.4. The molecule has 1 aliphatic heterocycles. The first kappa shape index (κ1) is 26.2. The summed E-state index contributed by atoms with van der Waals surface area (Å²) in [5.74, 6) is -0.491. The number of rotatable bonds is 8. The van der Waals surface area contributed by atoms with E-state index >= 15 is 0 Å². The van der Waals surface area contributed by atoms with Crippen molar-refractivity contribution in [2.75, 3.05) is 6.61 Å². The average molecular weight is 564 g/mol. The van der Waals surface area contributed by atoms with Crippen LogP contribution in [0, 0.1) is 5.82 Å². The molecule has 0 atom stereocenters. The molecule has 0 bridgehead atoms. The van der Waals surface area contributed by atoms with E-state index in [0.29, 0.717) is 37.7 Å². The molecule has 0 N–H and O–H groups in total. The van der Waals surface area contributed by atoms with Crippen LogP contribution >= 0.6 is 35.6 Å². The number of halogens is 2. The molecule has 1 saturated heterocycles. The highest BCUT2D eigenvalue weighted by Gasteiger charge is 2.33. The fraction of sp³-hybridized carbons (Fsp3) is 0.138. The maximum absolute atomic E-state index is 14.9. The summed E-state index contributed by atoms with van der Waals surface area (Å²) in [6, 6.07) is 21.7. The Kier molecular flexibility index (Phi) is 7.93. The van der Waals surface area contributed by atoms with Gasteiger partial charge in [0, 0.05) is 22.3 Å². The van der Waals surface area contributed by atoms with Gasteiger partial charge in [0.15, 0.2) is 11.6 Å². The Hall–Kier alpha value is -3.46. The number of nitrogens with zero attached hydrogens (tertiary/aromatic N) is 3. The summed E-state index contributed by atoms with van der Waals surface area (Å²) < 4.78 is 22.5. The van der Waals surface area contributed by atoms with E-state index in [4.69, 9.17) is 33.7 Å². The normalized spacial score (nSPS) is 14.5. The quantitative estimate of drug-likeness (QED) is 0.164. The molecule has 1 aromatic heterocycles. The molecule has 0 unspecified atom stereocenters. The summed E-state index contributed by atoms with van der Waals surface area (Å²) in [4.78, 5) is 15.4. The predicted octanol–water partition coefficient (Wildman–Crippen LogP) is 7.52. The van der Waals surface area contributed by atoms with Gasteiger partial charge in [-0.3, -0.25) is 9.69 Å². The topological polar surface area (TPSA) is 47.4 Å². The number of carbonyl (C=O) groups excluding carboxylic acids is 1. The van der Waals surface area contributed by atoms with E-state index < -0.39 is 5.82 Å². The summed E-state index contributed by atoms with van der Waals surface area (Å²) in [5.41, 5.74) is 3.41. The fourth-order valence-electron chi connectivity index (χ4n) is 3.98. The molecule has 5 rings (SSSR count). The summed E-state index contributed by atoms with van der Waals surface area (Å²) in [6.07, 6.45) is 4.36. The minimum absolute atomic E-state index is 0.195. The second-order valence-corrected chi connectivity index (χ2v) is 10.6. The van der Waals surface area contributed by atoms with Crippen molar-refractivity contribution in [1.29, 1.82) is 0 Å². The smallest absolute Gasteiger partial charge is 0.266 e. The lowest BCUT2D eigenvalue weighted by atomic mass is 10.1. The van der Waals surface area contributed by atoms with Crippen LogP contribution in [0.25, 0.3) is 23.0 Å². The van der Waals surface area contributed by atoms with E-state index in [-0.39, 0.29) is 18.2 Å². The molecule has 4 aromatic rings. The Labute approximate surface area is 234 Å². The summed E-state index contributed by atoms with van der Waals surface area (Å²) in [6.45, 7) is 2.67. The Balaban J connectivity index is 1.52. The molecule has 0 aliphatic carbocycles. The van der Waals surface area contributed by atoms with E-state index in [1.807, 2.05) is 61.7 Å². The molecule has 38 heavy (non-hydrogen) atoms. The lowest BCUT2D eigenvalue weighted by molar-refractivity contribution is -0.122. The third-order valence-electron chi connectivity index (χ3n) is 5.88. The zero-order chi connectivity index (χ0) is 26.6. The highest BCUT2D eigenvalue weighted by Crippen LogP contribution is 2.37. The summed E-state index contributed by atoms with van der Waals surface area (Å²) in [5, 5.41) is 5.32. The highest BCUT2D eigenvalue weighted by atomic mass is 35.5. The molecule has 0 radical (unpaired) electrons. The molecule has 1 amide bonds. The van der Waals surface area contributed by atoms with Gasteiger partial charge in [0.1, 0.15) is 10.0 Å². The maximum Gasteiger partial charge on any atom is 0.266 e. The van der Waals surface area contributed by atoms with Crippen LogP contribution < -0.4 is 4.74 Å². The summed E-state index contributed by atoms with van der Waals surface area (Å²) >= 11 is 13.1. The van der Waals surface area contributed by atoms with Gasteiger partial charge in [0.2, 0.25) is 0 Å². The molecule has 2 heterocycles. The summed E-state index contributed by atoms with van der Waals surface area (Å²) in [7, 11) is 0. The predicted molar refractivity (Wildman–Crippen MR) is 155 cm³/mol. The van der Waals surface area contributed by atoms with Crippen LogP contribution in [0.2, 0.25) is 5.02 Å². The average Bonchev–Trinajstić information content (AvgIpc) is 3.46. The van der Waals surface area contributed by atoms with E-state index in [9.17, 15) is 9.18 Å². The van der Waals surface area contributed by atoms with Gasteiger partial charge in [-0.15, -0.1) is 0 Å². The second kappa shape index (κ2) is 11.5. The second-order valence-electron chi connectivity index (χ2n) is 8.57. The van der Waals surface area contributed by atoms with Crippen LogP contribution in [0.5, 0.6) is 5.75 Å². The van der Waals surface area contributed by atoms with Crippen molar-refractivity contribution in [3.8, 4) is 22.7 Å². The third-order valence-corrected chi connectivity index (χ3v) is 7.62. The van der Waals surface area contributed by atoms with E-state index in [2.05, 4.69) is 0 Å². The zero-order valence-electron chi connectivity index (χ0n) is 20.4. The first-order valence-electron chi connectivity index (χ1n) is 12.0. The maximum atomic E-state index is 14.9. The Morgan fingerprint density at radius 3 is 2.61 bits per heavy atom. The minimum atomic E-state index is -0.470. The van der Waals surface area contributed by atoms with Crippen LogP contribution in [0.15, 0.2) is 83.9 Å². The van der Waals surface area contributed by atoms with Gasteiger partial charge >= 0.3 is 0 Å². The van der Waals surface area contributed by atoms with Gasteiger partial charge in [-0.05, 0) is 54.5 Å². The number of ether oxygens (including phenoxy) is 1. The van der Waals surface area contributed by atoms with Crippen molar-refractivity contribution in [1.82, 2.24) is 14.7 Å². The van der Waals surface area contributed by atoms with Gasteiger partial charge < -0.3 is 4.74 Å². The lowest BCUT2D eigenvalue weighted by Gasteiger charge is -2.15. The third kappa shape index (κ3) is 5.53. The van der Waals surface area contributed by atoms with Crippen LogP contribution in [0.4, 0.5) is 4.39 Å². The number of hydrogen-bond donors (Lipinski definition) is 0. The Morgan fingerprint density at radius 1 is 1.11 bits per heavy atom. The number of carbonyl (C=O) groups is 1. The van der Waals surface area contributed by atoms with Crippen LogP contribution in [0.3, 0.4) is 0 Å². The number of hydrogen-bond acceptors (Lipinski definition) is 5. The van der Waals surface area contributed by atoms with Gasteiger partial charge in [-0.25, -0.2) is 9.07 Å². The molecule has 192 valence electrons. The molecule has 0 saturated carbocycles. The van der Waals surface area contributed by atoms with Crippen molar-refractivity contribution in [3.63, 3.8) is 0 Å². The van der Waals surface area contributed by atoms with Gasteiger partial charge in [-0.1, -0.05) is 78.9 Å². The van der Waals surface area contributed by atoms with Gasteiger partial charge in [0.05, 0.1) is 23.7 Å². The van der Waals surface area contributed by atoms with Gasteiger partial charge in [0.25, 0.3) is 5.91 Å². The highest BCUT2D eigenvalue weighted by molar-refractivity contribution is 8.26.